The number of rotatable bonds is 6. The first-order valence-corrected chi connectivity index (χ1v) is 8.89. The fourth-order valence-electron chi connectivity index (χ4n) is 2.51. The molecule has 0 amide bonds. The Balaban J connectivity index is 2.33. The first-order chi connectivity index (χ1) is 12.2. The van der Waals surface area contributed by atoms with Crippen molar-refractivity contribution in [2.45, 2.75) is 39.2 Å². The molecule has 1 aliphatic rings. The summed E-state index contributed by atoms with van der Waals surface area (Å²) < 4.78 is 5.70. The number of nitrogens with zero attached hydrogens (tertiary/aromatic N) is 1. The van der Waals surface area contributed by atoms with Crippen LogP contribution in [0.1, 0.15) is 38.3 Å². The van der Waals surface area contributed by atoms with E-state index < -0.39 is 0 Å². The maximum atomic E-state index is 10.7. The van der Waals surface area contributed by atoms with E-state index in [-0.39, 0.29) is 30.0 Å². The van der Waals surface area contributed by atoms with Crippen LogP contribution in [-0.4, -0.2) is 34.9 Å². The molecular formula is C20H25ClN2O3. The van der Waals surface area contributed by atoms with Gasteiger partial charge in [0.2, 0.25) is 0 Å². The average molecular weight is 377 g/mol. The van der Waals surface area contributed by atoms with E-state index in [1.54, 1.807) is 18.2 Å². The Morgan fingerprint density at radius 2 is 1.96 bits per heavy atom. The second-order valence-corrected chi connectivity index (χ2v) is 7.57. The van der Waals surface area contributed by atoms with E-state index in [0.29, 0.717) is 35.1 Å². The number of benzene rings is 1. The van der Waals surface area contributed by atoms with Crippen LogP contribution in [0.25, 0.3) is 0 Å². The fourth-order valence-corrected chi connectivity index (χ4v) is 2.68. The Morgan fingerprint density at radius 1 is 1.23 bits per heavy atom. The number of allylic oxidation sites excluding steroid dienone is 4. The van der Waals surface area contributed by atoms with Crippen molar-refractivity contribution in [3.8, 4) is 11.5 Å². The predicted octanol–water partition coefficient (Wildman–Crippen LogP) is 4.10. The highest BCUT2D eigenvalue weighted by atomic mass is 35.5. The van der Waals surface area contributed by atoms with Gasteiger partial charge in [-0.3, -0.25) is 10.4 Å². The zero-order chi connectivity index (χ0) is 19.3. The average Bonchev–Trinajstić information content (AvgIpc) is 2.55. The van der Waals surface area contributed by atoms with Gasteiger partial charge in [0, 0.05) is 29.2 Å². The molecule has 0 bridgehead atoms. The number of nitrogens with one attached hydrogen (secondary N) is 1. The van der Waals surface area contributed by atoms with Crippen LogP contribution in [0, 0.1) is 5.41 Å². The molecule has 0 fully saturated rings. The number of hydrogen-bond acceptors (Lipinski definition) is 5. The van der Waals surface area contributed by atoms with Gasteiger partial charge < -0.3 is 14.9 Å². The van der Waals surface area contributed by atoms with Crippen LogP contribution in [0.3, 0.4) is 0 Å². The smallest absolute Gasteiger partial charge is 0.124 e. The number of aliphatic imine (C=N–C) groups is 1. The minimum Gasteiger partial charge on any atom is -0.507 e. The SMILES string of the molecule is CC(C)(C)c1cc(OCCCO)cc(C/N=C2/C=CC(Cl)=CC2=N)c1O. The van der Waals surface area contributed by atoms with Crippen molar-refractivity contribution in [3.05, 3.63) is 46.5 Å². The van der Waals surface area contributed by atoms with Gasteiger partial charge in [-0.25, -0.2) is 0 Å². The van der Waals surface area contributed by atoms with E-state index >= 15 is 0 Å². The minimum absolute atomic E-state index is 0.0647. The molecule has 0 saturated carbocycles. The number of ether oxygens (including phenoxy) is 1. The summed E-state index contributed by atoms with van der Waals surface area (Å²) in [6.45, 7) is 6.73. The van der Waals surface area contributed by atoms with Crippen LogP contribution in [0.5, 0.6) is 11.5 Å². The number of phenols is 1. The summed E-state index contributed by atoms with van der Waals surface area (Å²) >= 11 is 5.88. The molecule has 1 aromatic rings. The summed E-state index contributed by atoms with van der Waals surface area (Å²) in [6, 6.07) is 3.58. The normalized spacial score (nSPS) is 16.1. The van der Waals surface area contributed by atoms with Gasteiger partial charge in [-0.05, 0) is 35.8 Å². The first kappa shape index (κ1) is 20.2. The largest absolute Gasteiger partial charge is 0.507 e. The lowest BCUT2D eigenvalue weighted by Crippen LogP contribution is -2.14. The number of aliphatic hydroxyl groups is 1. The van der Waals surface area contributed by atoms with Gasteiger partial charge >= 0.3 is 0 Å². The minimum atomic E-state index is -0.268. The van der Waals surface area contributed by atoms with Gasteiger partial charge in [-0.1, -0.05) is 32.4 Å². The van der Waals surface area contributed by atoms with Gasteiger partial charge in [0.05, 0.1) is 24.6 Å². The lowest BCUT2D eigenvalue weighted by Gasteiger charge is -2.23. The molecule has 3 N–H and O–H groups in total. The lowest BCUT2D eigenvalue weighted by molar-refractivity contribution is 0.233. The van der Waals surface area contributed by atoms with Crippen molar-refractivity contribution < 1.29 is 14.9 Å². The van der Waals surface area contributed by atoms with Gasteiger partial charge in [0.25, 0.3) is 0 Å². The Morgan fingerprint density at radius 3 is 2.58 bits per heavy atom. The molecule has 0 heterocycles. The summed E-state index contributed by atoms with van der Waals surface area (Å²) in [5.74, 6) is 0.824. The number of phenolic OH excluding ortho intramolecular Hbond substituents is 1. The van der Waals surface area contributed by atoms with Crippen molar-refractivity contribution in [2.75, 3.05) is 13.2 Å². The molecule has 0 radical (unpaired) electrons. The Bertz CT molecular complexity index is 774. The molecule has 0 spiro atoms. The highest BCUT2D eigenvalue weighted by Gasteiger charge is 2.22. The molecule has 140 valence electrons. The van der Waals surface area contributed by atoms with E-state index in [9.17, 15) is 5.11 Å². The molecule has 0 unspecified atom stereocenters. The van der Waals surface area contributed by atoms with Crippen molar-refractivity contribution in [2.24, 2.45) is 4.99 Å². The fraction of sp³-hybridized carbons (Fsp3) is 0.400. The third-order valence-electron chi connectivity index (χ3n) is 3.92. The molecule has 0 atom stereocenters. The van der Waals surface area contributed by atoms with Gasteiger partial charge in [-0.15, -0.1) is 0 Å². The zero-order valence-corrected chi connectivity index (χ0v) is 16.1. The molecule has 0 aromatic heterocycles. The molecule has 1 aromatic carbocycles. The van der Waals surface area contributed by atoms with Gasteiger partial charge in [0.1, 0.15) is 11.5 Å². The summed E-state index contributed by atoms with van der Waals surface area (Å²) in [4.78, 5) is 4.44. The molecular weight excluding hydrogens is 352 g/mol. The van der Waals surface area contributed by atoms with Crippen molar-refractivity contribution >= 4 is 23.0 Å². The van der Waals surface area contributed by atoms with Crippen molar-refractivity contribution in [1.29, 1.82) is 5.41 Å². The van der Waals surface area contributed by atoms with E-state index in [1.807, 2.05) is 26.8 Å². The van der Waals surface area contributed by atoms with E-state index in [1.165, 1.54) is 6.08 Å². The van der Waals surface area contributed by atoms with E-state index in [2.05, 4.69) is 4.99 Å². The second kappa shape index (κ2) is 8.52. The standard InChI is InChI=1S/C20H25ClN2O3/c1-20(2,3)16-11-15(26-8-4-7-24)9-13(19(16)25)12-23-18-6-5-14(21)10-17(18)22/h5-6,9-11,22,24-25H,4,7-8,12H2,1-3H3/b22-17?,23-18-. The quantitative estimate of drug-likeness (QED) is 0.516. The van der Waals surface area contributed by atoms with Crippen LogP contribution in [-0.2, 0) is 12.0 Å². The number of aromatic hydroxyl groups is 1. The lowest BCUT2D eigenvalue weighted by atomic mass is 9.85. The second-order valence-electron chi connectivity index (χ2n) is 7.13. The van der Waals surface area contributed by atoms with Crippen LogP contribution in [0.2, 0.25) is 0 Å². The topological polar surface area (TPSA) is 85.9 Å². The predicted molar refractivity (Wildman–Crippen MR) is 106 cm³/mol. The van der Waals surface area contributed by atoms with Gasteiger partial charge in [-0.2, -0.15) is 0 Å². The Kier molecular flexibility index (Phi) is 6.62. The van der Waals surface area contributed by atoms with Crippen LogP contribution in [0.4, 0.5) is 0 Å². The molecule has 26 heavy (non-hydrogen) atoms. The molecule has 0 saturated heterocycles. The highest BCUT2D eigenvalue weighted by Crippen LogP contribution is 2.37. The van der Waals surface area contributed by atoms with Crippen molar-refractivity contribution in [3.63, 3.8) is 0 Å². The molecule has 1 aliphatic carbocycles. The van der Waals surface area contributed by atoms with Crippen molar-refractivity contribution in [1.82, 2.24) is 0 Å². The number of halogens is 1. The molecule has 5 nitrogen and oxygen atoms in total. The van der Waals surface area contributed by atoms with Crippen LogP contribution < -0.4 is 4.74 Å². The first-order valence-electron chi connectivity index (χ1n) is 8.51. The van der Waals surface area contributed by atoms with E-state index in [0.717, 1.165) is 5.56 Å². The monoisotopic (exact) mass is 376 g/mol. The maximum absolute atomic E-state index is 10.7. The zero-order valence-electron chi connectivity index (χ0n) is 15.3. The molecule has 0 aliphatic heterocycles. The Hall–Kier alpha value is -2.11. The summed E-state index contributed by atoms with van der Waals surface area (Å²) in [5, 5.41) is 28.0. The summed E-state index contributed by atoms with van der Waals surface area (Å²) in [7, 11) is 0. The number of aliphatic hydroxyl groups excluding tert-OH is 1. The Labute approximate surface area is 159 Å². The molecule has 2 rings (SSSR count). The van der Waals surface area contributed by atoms with Gasteiger partial charge in [0.15, 0.2) is 0 Å². The highest BCUT2D eigenvalue weighted by molar-refractivity contribution is 6.52. The third-order valence-corrected chi connectivity index (χ3v) is 4.16. The third kappa shape index (κ3) is 5.19. The summed E-state index contributed by atoms with van der Waals surface area (Å²) in [6.07, 6.45) is 5.45. The number of hydrogen-bond donors (Lipinski definition) is 3. The van der Waals surface area contributed by atoms with Crippen LogP contribution in [0.15, 0.2) is 40.4 Å². The maximum Gasteiger partial charge on any atom is 0.124 e. The summed E-state index contributed by atoms with van der Waals surface area (Å²) in [5.41, 5.74) is 1.88. The molecule has 6 heteroatoms. The van der Waals surface area contributed by atoms with E-state index in [4.69, 9.17) is 26.9 Å². The van der Waals surface area contributed by atoms with Crippen LogP contribution >= 0.6 is 11.6 Å².